The molecule has 3 amide bonds. The molecule has 0 spiro atoms. The number of anilines is 1. The number of amides is 3. The molecule has 1 N–H and O–H groups in total. The van der Waals surface area contributed by atoms with Crippen LogP contribution in [0.25, 0.3) is 10.8 Å². The van der Waals surface area contributed by atoms with Gasteiger partial charge in [-0.15, -0.1) is 0 Å². The molecule has 2 aliphatic rings. The number of nitrogens with one attached hydrogen (secondary N) is 1. The number of urea groups is 1. The highest BCUT2D eigenvalue weighted by molar-refractivity contribution is 6.20. The molecule has 6 nitrogen and oxygen atoms in total. The molecule has 3 unspecified atom stereocenters. The van der Waals surface area contributed by atoms with E-state index >= 15 is 0 Å². The number of pyridine rings is 1. The van der Waals surface area contributed by atoms with Crippen LogP contribution in [-0.2, 0) is 11.4 Å². The van der Waals surface area contributed by atoms with E-state index in [1.165, 1.54) is 4.90 Å². The number of imide groups is 1. The number of nitrogens with zero attached hydrogens (tertiary/aromatic N) is 2. The molecule has 1 aliphatic heterocycles. The summed E-state index contributed by atoms with van der Waals surface area (Å²) in [5.41, 5.74) is 2.79. The van der Waals surface area contributed by atoms with E-state index in [1.54, 1.807) is 12.4 Å². The first-order chi connectivity index (χ1) is 17.7. The molecule has 3 aromatic carbocycles. The highest BCUT2D eigenvalue weighted by Gasteiger charge is 2.45. The molecule has 6 rings (SSSR count). The lowest BCUT2D eigenvalue weighted by molar-refractivity contribution is -0.124. The zero-order chi connectivity index (χ0) is 24.5. The van der Waals surface area contributed by atoms with Crippen LogP contribution in [0.15, 0.2) is 91.3 Å². The SMILES string of the molecule is O=C1NC2CC(c3ccccc3OCc3ccccc3)CCC2C(=O)N1c1cncc2ccccc12. The third kappa shape index (κ3) is 4.09. The van der Waals surface area contributed by atoms with Crippen molar-refractivity contribution in [2.24, 2.45) is 5.92 Å². The number of aromatic nitrogens is 1. The van der Waals surface area contributed by atoms with Crippen molar-refractivity contribution < 1.29 is 14.3 Å². The number of para-hydroxylation sites is 1. The molecule has 2 heterocycles. The Morgan fingerprint density at radius 3 is 2.56 bits per heavy atom. The number of hydrogen-bond acceptors (Lipinski definition) is 4. The Bertz CT molecular complexity index is 1420. The quantitative estimate of drug-likeness (QED) is 0.393. The average molecular weight is 478 g/mol. The normalized spacial score (nSPS) is 21.7. The summed E-state index contributed by atoms with van der Waals surface area (Å²) in [6.45, 7) is 0.500. The second-order valence-corrected chi connectivity index (χ2v) is 9.54. The standard InChI is InChI=1S/C30H27N3O3/c34-29-25-15-14-21(24-12-6-7-13-28(24)36-19-20-8-2-1-3-9-20)16-26(25)32-30(35)33(29)27-18-31-17-22-10-4-5-11-23(22)27/h1-13,17-18,21,25-26H,14-16,19H2,(H,32,35). The molecule has 2 fully saturated rings. The topological polar surface area (TPSA) is 71.5 Å². The van der Waals surface area contributed by atoms with Crippen molar-refractivity contribution in [3.8, 4) is 5.75 Å². The second-order valence-electron chi connectivity index (χ2n) is 9.54. The van der Waals surface area contributed by atoms with Gasteiger partial charge >= 0.3 is 6.03 Å². The van der Waals surface area contributed by atoms with Crippen LogP contribution in [0, 0.1) is 5.92 Å². The molecule has 1 aromatic heterocycles. The first-order valence-electron chi connectivity index (χ1n) is 12.4. The highest BCUT2D eigenvalue weighted by atomic mass is 16.5. The zero-order valence-electron chi connectivity index (χ0n) is 19.8. The second kappa shape index (κ2) is 9.46. The summed E-state index contributed by atoms with van der Waals surface area (Å²) >= 11 is 0. The monoisotopic (exact) mass is 477 g/mol. The summed E-state index contributed by atoms with van der Waals surface area (Å²) in [4.78, 5) is 32.4. The van der Waals surface area contributed by atoms with E-state index in [1.807, 2.05) is 72.8 Å². The lowest BCUT2D eigenvalue weighted by Crippen LogP contribution is -2.61. The largest absolute Gasteiger partial charge is 0.489 e. The van der Waals surface area contributed by atoms with Gasteiger partial charge in [-0.25, -0.2) is 9.69 Å². The fourth-order valence-corrected chi connectivity index (χ4v) is 5.59. The number of hydrogen-bond donors (Lipinski definition) is 1. The third-order valence-electron chi connectivity index (χ3n) is 7.38. The molecule has 180 valence electrons. The number of carbonyl (C=O) groups is 2. The molecule has 3 atom stereocenters. The summed E-state index contributed by atoms with van der Waals surface area (Å²) in [7, 11) is 0. The van der Waals surface area contributed by atoms with Crippen LogP contribution in [0.3, 0.4) is 0 Å². The van der Waals surface area contributed by atoms with Gasteiger partial charge in [0.05, 0.1) is 17.8 Å². The van der Waals surface area contributed by atoms with Crippen molar-refractivity contribution in [1.29, 1.82) is 0 Å². The van der Waals surface area contributed by atoms with Crippen LogP contribution in [0.4, 0.5) is 10.5 Å². The van der Waals surface area contributed by atoms with Gasteiger partial charge in [0.2, 0.25) is 5.91 Å². The van der Waals surface area contributed by atoms with E-state index in [0.717, 1.165) is 34.1 Å². The van der Waals surface area contributed by atoms with Gasteiger partial charge in [-0.3, -0.25) is 9.78 Å². The van der Waals surface area contributed by atoms with E-state index in [2.05, 4.69) is 16.4 Å². The molecule has 1 aliphatic carbocycles. The minimum Gasteiger partial charge on any atom is -0.489 e. The van der Waals surface area contributed by atoms with Gasteiger partial charge in [-0.1, -0.05) is 72.8 Å². The molecular formula is C30H27N3O3. The molecule has 0 bridgehead atoms. The Kier molecular flexibility index (Phi) is 5.85. The molecule has 1 saturated heterocycles. The molecule has 1 saturated carbocycles. The Labute approximate surface area is 209 Å². The lowest BCUT2D eigenvalue weighted by Gasteiger charge is -2.42. The first-order valence-corrected chi connectivity index (χ1v) is 12.4. The summed E-state index contributed by atoms with van der Waals surface area (Å²) < 4.78 is 6.20. The molecule has 36 heavy (non-hydrogen) atoms. The van der Waals surface area contributed by atoms with E-state index in [9.17, 15) is 9.59 Å². The van der Waals surface area contributed by atoms with Gasteiger partial charge in [0, 0.05) is 23.0 Å². The number of benzene rings is 3. The summed E-state index contributed by atoms with van der Waals surface area (Å²) in [5.74, 6) is 0.670. The van der Waals surface area contributed by atoms with Crippen molar-refractivity contribution in [2.75, 3.05) is 4.90 Å². The Balaban J connectivity index is 1.21. The zero-order valence-corrected chi connectivity index (χ0v) is 19.8. The first kappa shape index (κ1) is 22.3. The maximum absolute atomic E-state index is 13.6. The predicted octanol–water partition coefficient (Wildman–Crippen LogP) is 5.82. The Morgan fingerprint density at radius 2 is 1.67 bits per heavy atom. The van der Waals surface area contributed by atoms with Crippen LogP contribution in [0.5, 0.6) is 5.75 Å². The van der Waals surface area contributed by atoms with Gasteiger partial charge in [0.25, 0.3) is 0 Å². The fourth-order valence-electron chi connectivity index (χ4n) is 5.59. The Morgan fingerprint density at radius 1 is 0.889 bits per heavy atom. The van der Waals surface area contributed by atoms with Crippen molar-refractivity contribution >= 4 is 28.4 Å². The molecule has 6 heteroatoms. The van der Waals surface area contributed by atoms with Gasteiger partial charge < -0.3 is 10.1 Å². The average Bonchev–Trinajstić information content (AvgIpc) is 2.92. The number of rotatable bonds is 5. The number of ether oxygens (including phenoxy) is 1. The van der Waals surface area contributed by atoms with Crippen LogP contribution in [0.2, 0.25) is 0 Å². The maximum Gasteiger partial charge on any atom is 0.329 e. The van der Waals surface area contributed by atoms with Crippen molar-refractivity contribution in [1.82, 2.24) is 10.3 Å². The Hall–Kier alpha value is -4.19. The van der Waals surface area contributed by atoms with Gasteiger partial charge in [-0.05, 0) is 42.4 Å². The van der Waals surface area contributed by atoms with Gasteiger partial charge in [0.15, 0.2) is 0 Å². The molecule has 4 aromatic rings. The maximum atomic E-state index is 13.6. The van der Waals surface area contributed by atoms with Crippen LogP contribution < -0.4 is 15.0 Å². The third-order valence-corrected chi connectivity index (χ3v) is 7.38. The fraction of sp³-hybridized carbons (Fsp3) is 0.233. The summed E-state index contributed by atoms with van der Waals surface area (Å²) in [6, 6.07) is 25.3. The van der Waals surface area contributed by atoms with Crippen molar-refractivity contribution in [2.45, 2.75) is 37.8 Å². The predicted molar refractivity (Wildman–Crippen MR) is 139 cm³/mol. The van der Waals surface area contributed by atoms with Crippen LogP contribution >= 0.6 is 0 Å². The molecular weight excluding hydrogens is 450 g/mol. The molecule has 0 radical (unpaired) electrons. The van der Waals surface area contributed by atoms with Crippen LogP contribution in [-0.4, -0.2) is 23.0 Å². The smallest absolute Gasteiger partial charge is 0.329 e. The number of carbonyl (C=O) groups excluding carboxylic acids is 2. The van der Waals surface area contributed by atoms with E-state index in [-0.39, 0.29) is 29.8 Å². The highest BCUT2D eigenvalue weighted by Crippen LogP contribution is 2.42. The minimum atomic E-state index is -0.381. The van der Waals surface area contributed by atoms with Crippen LogP contribution in [0.1, 0.15) is 36.3 Å². The van der Waals surface area contributed by atoms with E-state index < -0.39 is 0 Å². The van der Waals surface area contributed by atoms with E-state index in [0.29, 0.717) is 25.1 Å². The summed E-state index contributed by atoms with van der Waals surface area (Å²) in [6.07, 6.45) is 5.62. The van der Waals surface area contributed by atoms with Crippen molar-refractivity contribution in [3.05, 3.63) is 102 Å². The van der Waals surface area contributed by atoms with Crippen molar-refractivity contribution in [3.63, 3.8) is 0 Å². The summed E-state index contributed by atoms with van der Waals surface area (Å²) in [5, 5.41) is 4.87. The number of fused-ring (bicyclic) bond motifs is 2. The minimum absolute atomic E-state index is 0.144. The van der Waals surface area contributed by atoms with Gasteiger partial charge in [-0.2, -0.15) is 0 Å². The van der Waals surface area contributed by atoms with Gasteiger partial charge in [0.1, 0.15) is 12.4 Å². The lowest BCUT2D eigenvalue weighted by atomic mass is 9.74. The van der Waals surface area contributed by atoms with E-state index in [4.69, 9.17) is 4.74 Å².